The Bertz CT molecular complexity index is 581. The summed E-state index contributed by atoms with van der Waals surface area (Å²) in [6.07, 6.45) is 0. The molecule has 4 heteroatoms. The topological polar surface area (TPSA) is 55.1 Å². The highest BCUT2D eigenvalue weighted by Gasteiger charge is 2.06. The third-order valence-corrected chi connectivity index (χ3v) is 2.90. The monoisotopic (exact) mass is 258 g/mol. The van der Waals surface area contributed by atoms with Crippen LogP contribution in [0.2, 0.25) is 0 Å². The molecule has 2 rings (SSSR count). The van der Waals surface area contributed by atoms with Crippen LogP contribution in [0, 0.1) is 5.82 Å². The van der Waals surface area contributed by atoms with Crippen molar-refractivity contribution in [3.05, 3.63) is 65.5 Å². The summed E-state index contributed by atoms with van der Waals surface area (Å²) in [5, 5.41) is 3.23. The molecular weight excluding hydrogens is 243 g/mol. The van der Waals surface area contributed by atoms with E-state index in [0.717, 1.165) is 11.3 Å². The molecule has 0 fully saturated rings. The van der Waals surface area contributed by atoms with Crippen molar-refractivity contribution < 1.29 is 9.18 Å². The van der Waals surface area contributed by atoms with Gasteiger partial charge in [-0.05, 0) is 48.9 Å². The molecule has 0 aliphatic rings. The average Bonchev–Trinajstić information content (AvgIpc) is 2.39. The first-order chi connectivity index (χ1) is 9.06. The highest BCUT2D eigenvalue weighted by atomic mass is 19.1. The Kier molecular flexibility index (Phi) is 3.80. The number of benzene rings is 2. The summed E-state index contributed by atoms with van der Waals surface area (Å²) in [6, 6.07) is 13.3. The largest absolute Gasteiger partial charge is 0.379 e. The Morgan fingerprint density at radius 3 is 2.47 bits per heavy atom. The fourth-order valence-corrected chi connectivity index (χ4v) is 1.84. The predicted molar refractivity (Wildman–Crippen MR) is 73.4 cm³/mol. The van der Waals surface area contributed by atoms with Gasteiger partial charge in [-0.2, -0.15) is 0 Å². The molecule has 2 aromatic rings. The van der Waals surface area contributed by atoms with Gasteiger partial charge in [-0.1, -0.05) is 12.1 Å². The van der Waals surface area contributed by atoms with E-state index in [4.69, 9.17) is 5.73 Å². The van der Waals surface area contributed by atoms with Gasteiger partial charge in [0, 0.05) is 17.3 Å². The number of carbonyl (C=O) groups is 1. The van der Waals surface area contributed by atoms with Crippen LogP contribution < -0.4 is 11.1 Å². The van der Waals surface area contributed by atoms with E-state index in [9.17, 15) is 9.18 Å². The Labute approximate surface area is 111 Å². The van der Waals surface area contributed by atoms with Gasteiger partial charge in [0.15, 0.2) is 0 Å². The highest BCUT2D eigenvalue weighted by molar-refractivity contribution is 5.93. The minimum Gasteiger partial charge on any atom is -0.379 e. The van der Waals surface area contributed by atoms with Gasteiger partial charge in [0.2, 0.25) is 5.91 Å². The normalized spacial score (nSPS) is 11.9. The molecule has 0 aliphatic carbocycles. The van der Waals surface area contributed by atoms with Crippen molar-refractivity contribution >= 4 is 11.6 Å². The van der Waals surface area contributed by atoms with Crippen molar-refractivity contribution in [2.45, 2.75) is 13.0 Å². The Balaban J connectivity index is 2.10. The van der Waals surface area contributed by atoms with E-state index in [0.29, 0.717) is 5.56 Å². The number of amides is 1. The van der Waals surface area contributed by atoms with Crippen LogP contribution in [0.5, 0.6) is 0 Å². The molecule has 19 heavy (non-hydrogen) atoms. The van der Waals surface area contributed by atoms with E-state index in [1.54, 1.807) is 30.3 Å². The van der Waals surface area contributed by atoms with Crippen molar-refractivity contribution in [1.29, 1.82) is 0 Å². The first-order valence-electron chi connectivity index (χ1n) is 5.98. The zero-order valence-electron chi connectivity index (χ0n) is 10.6. The summed E-state index contributed by atoms with van der Waals surface area (Å²) >= 11 is 0. The lowest BCUT2D eigenvalue weighted by Gasteiger charge is -2.16. The predicted octanol–water partition coefficient (Wildman–Crippen LogP) is 3.10. The summed E-state index contributed by atoms with van der Waals surface area (Å²) < 4.78 is 13.1. The Morgan fingerprint density at radius 2 is 1.89 bits per heavy atom. The van der Waals surface area contributed by atoms with Crippen molar-refractivity contribution in [3.63, 3.8) is 0 Å². The van der Waals surface area contributed by atoms with Crippen LogP contribution in [-0.2, 0) is 0 Å². The highest BCUT2D eigenvalue weighted by Crippen LogP contribution is 2.20. The van der Waals surface area contributed by atoms with Gasteiger partial charge in [-0.25, -0.2) is 4.39 Å². The van der Waals surface area contributed by atoms with E-state index < -0.39 is 5.91 Å². The Morgan fingerprint density at radius 1 is 1.21 bits per heavy atom. The van der Waals surface area contributed by atoms with Crippen LogP contribution in [0.4, 0.5) is 10.1 Å². The number of primary amides is 1. The first-order valence-corrected chi connectivity index (χ1v) is 5.98. The molecule has 3 N–H and O–H groups in total. The van der Waals surface area contributed by atoms with Gasteiger partial charge in [0.05, 0.1) is 0 Å². The van der Waals surface area contributed by atoms with Crippen LogP contribution in [0.1, 0.15) is 28.9 Å². The van der Waals surface area contributed by atoms with Gasteiger partial charge >= 0.3 is 0 Å². The van der Waals surface area contributed by atoms with E-state index in [1.165, 1.54) is 12.1 Å². The number of nitrogens with two attached hydrogens (primary N) is 1. The zero-order chi connectivity index (χ0) is 13.8. The molecule has 1 amide bonds. The lowest BCUT2D eigenvalue weighted by Crippen LogP contribution is -2.11. The van der Waals surface area contributed by atoms with E-state index in [2.05, 4.69) is 5.32 Å². The molecule has 98 valence electrons. The molecular formula is C15H15FN2O. The molecule has 2 aromatic carbocycles. The first kappa shape index (κ1) is 13.1. The van der Waals surface area contributed by atoms with Gasteiger partial charge in [0.1, 0.15) is 5.82 Å². The molecule has 0 saturated heterocycles. The second-order valence-corrected chi connectivity index (χ2v) is 4.36. The van der Waals surface area contributed by atoms with Crippen LogP contribution >= 0.6 is 0 Å². The third-order valence-electron chi connectivity index (χ3n) is 2.90. The van der Waals surface area contributed by atoms with Crippen molar-refractivity contribution in [3.8, 4) is 0 Å². The van der Waals surface area contributed by atoms with Crippen LogP contribution in [0.25, 0.3) is 0 Å². The number of hydrogen-bond donors (Lipinski definition) is 2. The third kappa shape index (κ3) is 3.31. The quantitative estimate of drug-likeness (QED) is 0.885. The Hall–Kier alpha value is -2.36. The molecule has 0 radical (unpaired) electrons. The molecule has 3 nitrogen and oxygen atoms in total. The molecule has 1 unspecified atom stereocenters. The van der Waals surface area contributed by atoms with Crippen LogP contribution in [-0.4, -0.2) is 5.91 Å². The average molecular weight is 258 g/mol. The van der Waals surface area contributed by atoms with Crippen molar-refractivity contribution in [2.75, 3.05) is 5.32 Å². The summed E-state index contributed by atoms with van der Waals surface area (Å²) in [5.41, 5.74) is 7.34. The van der Waals surface area contributed by atoms with E-state index in [-0.39, 0.29) is 11.9 Å². The fraction of sp³-hybridized carbons (Fsp3) is 0.133. The zero-order valence-corrected chi connectivity index (χ0v) is 10.6. The summed E-state index contributed by atoms with van der Waals surface area (Å²) in [7, 11) is 0. The molecule has 0 aromatic heterocycles. The van der Waals surface area contributed by atoms with E-state index >= 15 is 0 Å². The number of rotatable bonds is 4. The number of nitrogens with one attached hydrogen (secondary N) is 1. The number of anilines is 1. The summed E-state index contributed by atoms with van der Waals surface area (Å²) in [5.74, 6) is -0.708. The van der Waals surface area contributed by atoms with Crippen LogP contribution in [0.3, 0.4) is 0 Å². The molecule has 0 spiro atoms. The molecule has 0 saturated carbocycles. The maximum Gasteiger partial charge on any atom is 0.248 e. The van der Waals surface area contributed by atoms with Gasteiger partial charge in [0.25, 0.3) is 0 Å². The van der Waals surface area contributed by atoms with Crippen LogP contribution in [0.15, 0.2) is 48.5 Å². The summed E-state index contributed by atoms with van der Waals surface area (Å²) in [4.78, 5) is 11.0. The van der Waals surface area contributed by atoms with Crippen molar-refractivity contribution in [1.82, 2.24) is 0 Å². The fourth-order valence-electron chi connectivity index (χ4n) is 1.84. The maximum absolute atomic E-state index is 13.1. The SMILES string of the molecule is CC(Nc1ccc(C(N)=O)cc1)c1cccc(F)c1. The van der Waals surface area contributed by atoms with Gasteiger partial charge < -0.3 is 11.1 Å². The number of hydrogen-bond acceptors (Lipinski definition) is 2. The smallest absolute Gasteiger partial charge is 0.248 e. The lowest BCUT2D eigenvalue weighted by molar-refractivity contribution is 0.100. The lowest BCUT2D eigenvalue weighted by atomic mass is 10.1. The molecule has 0 bridgehead atoms. The standard InChI is InChI=1S/C15H15FN2O/c1-10(12-3-2-4-13(16)9-12)18-14-7-5-11(6-8-14)15(17)19/h2-10,18H,1H3,(H2,17,19). The molecule has 0 heterocycles. The number of carbonyl (C=O) groups excluding carboxylic acids is 1. The number of halogens is 1. The second-order valence-electron chi connectivity index (χ2n) is 4.36. The second kappa shape index (κ2) is 5.52. The van der Waals surface area contributed by atoms with Gasteiger partial charge in [-0.15, -0.1) is 0 Å². The van der Waals surface area contributed by atoms with E-state index in [1.807, 2.05) is 13.0 Å². The minimum absolute atomic E-state index is 0.0323. The molecule has 1 atom stereocenters. The minimum atomic E-state index is -0.454. The van der Waals surface area contributed by atoms with Crippen molar-refractivity contribution in [2.24, 2.45) is 5.73 Å². The maximum atomic E-state index is 13.1. The molecule has 0 aliphatic heterocycles. The summed E-state index contributed by atoms with van der Waals surface area (Å²) in [6.45, 7) is 1.94. The van der Waals surface area contributed by atoms with Gasteiger partial charge in [-0.3, -0.25) is 4.79 Å².